The molecule has 0 bridgehead atoms. The molecule has 112 valence electrons. The lowest BCUT2D eigenvalue weighted by molar-refractivity contribution is -0.384. The fourth-order valence-corrected chi connectivity index (χ4v) is 1.76. The summed E-state index contributed by atoms with van der Waals surface area (Å²) in [7, 11) is 0. The average molecular weight is 317 g/mol. The lowest BCUT2D eigenvalue weighted by atomic mass is 10.3. The molecule has 1 aromatic carbocycles. The van der Waals surface area contributed by atoms with E-state index in [-0.39, 0.29) is 16.5 Å². The number of amides is 1. The van der Waals surface area contributed by atoms with Crippen molar-refractivity contribution in [2.24, 2.45) is 5.84 Å². The van der Waals surface area contributed by atoms with Crippen LogP contribution in [0.5, 0.6) is 0 Å². The van der Waals surface area contributed by atoms with E-state index >= 15 is 0 Å². The zero-order valence-corrected chi connectivity index (χ0v) is 12.0. The van der Waals surface area contributed by atoms with Gasteiger partial charge in [-0.15, -0.1) is 0 Å². The summed E-state index contributed by atoms with van der Waals surface area (Å²) in [4.78, 5) is 26.0. The molecule has 9 heteroatoms. The van der Waals surface area contributed by atoms with Gasteiger partial charge in [0.2, 0.25) is 0 Å². The summed E-state index contributed by atoms with van der Waals surface area (Å²) in [5.41, 5.74) is 0.573. The molecule has 2 rings (SSSR count). The first-order valence-corrected chi connectivity index (χ1v) is 6.45. The predicted molar refractivity (Wildman–Crippen MR) is 83.9 cm³/mol. The van der Waals surface area contributed by atoms with E-state index in [4.69, 9.17) is 18.1 Å². The number of rotatable bonds is 3. The Morgan fingerprint density at radius 2 is 1.95 bits per heavy atom. The molecule has 1 amide bonds. The van der Waals surface area contributed by atoms with E-state index in [0.29, 0.717) is 5.69 Å². The number of nitrogens with two attached hydrogens (primary N) is 1. The second kappa shape index (κ2) is 6.70. The summed E-state index contributed by atoms with van der Waals surface area (Å²) >= 11 is 5.03. The van der Waals surface area contributed by atoms with Crippen molar-refractivity contribution < 1.29 is 9.72 Å². The molecule has 0 fully saturated rings. The maximum absolute atomic E-state index is 12.0. The lowest BCUT2D eigenvalue weighted by Gasteiger charge is -2.18. The van der Waals surface area contributed by atoms with E-state index in [1.54, 1.807) is 12.1 Å². The van der Waals surface area contributed by atoms with E-state index in [9.17, 15) is 14.9 Å². The number of carbonyl (C=O) groups excluding carboxylic acids is 1. The first-order chi connectivity index (χ1) is 10.5. The zero-order chi connectivity index (χ0) is 16.1. The number of nitro benzene ring substituents is 1. The van der Waals surface area contributed by atoms with Crippen LogP contribution in [0.4, 0.5) is 11.4 Å². The SMILES string of the molecule is NN(C(=O)c1ccccn1)C(=S)Nc1ccc([N+](=O)[O-])cc1. The number of hydrogen-bond acceptors (Lipinski definition) is 6. The van der Waals surface area contributed by atoms with E-state index in [0.717, 1.165) is 5.01 Å². The number of thiocarbonyl (C=S) groups is 1. The maximum Gasteiger partial charge on any atom is 0.292 e. The summed E-state index contributed by atoms with van der Waals surface area (Å²) in [6, 6.07) is 10.4. The molecule has 0 spiro atoms. The molecule has 2 aromatic rings. The number of nitrogens with one attached hydrogen (secondary N) is 1. The van der Waals surface area contributed by atoms with Crippen molar-refractivity contribution in [3.63, 3.8) is 0 Å². The van der Waals surface area contributed by atoms with Crippen LogP contribution in [0.1, 0.15) is 10.5 Å². The van der Waals surface area contributed by atoms with Crippen molar-refractivity contribution in [3.8, 4) is 0 Å². The molecular weight excluding hydrogens is 306 g/mol. The van der Waals surface area contributed by atoms with Gasteiger partial charge in [0, 0.05) is 24.0 Å². The molecule has 0 aliphatic rings. The number of aromatic nitrogens is 1. The Morgan fingerprint density at radius 3 is 2.50 bits per heavy atom. The predicted octanol–water partition coefficient (Wildman–Crippen LogP) is 1.70. The first kappa shape index (κ1) is 15.5. The third-order valence-electron chi connectivity index (χ3n) is 2.65. The van der Waals surface area contributed by atoms with Crippen LogP contribution in [0.3, 0.4) is 0 Å². The summed E-state index contributed by atoms with van der Waals surface area (Å²) in [6.45, 7) is 0. The molecular formula is C13H11N5O3S. The topological polar surface area (TPSA) is 114 Å². The van der Waals surface area contributed by atoms with Gasteiger partial charge in [0.05, 0.1) is 4.92 Å². The van der Waals surface area contributed by atoms with Gasteiger partial charge in [0.1, 0.15) is 5.69 Å². The second-order valence-corrected chi connectivity index (χ2v) is 4.51. The molecule has 22 heavy (non-hydrogen) atoms. The maximum atomic E-state index is 12.0. The van der Waals surface area contributed by atoms with Crippen molar-refractivity contribution in [2.45, 2.75) is 0 Å². The van der Waals surface area contributed by atoms with Gasteiger partial charge in [-0.2, -0.15) is 0 Å². The molecule has 0 aliphatic carbocycles. The molecule has 8 nitrogen and oxygen atoms in total. The van der Waals surface area contributed by atoms with Crippen LogP contribution in [-0.4, -0.2) is 25.9 Å². The number of hydrazine groups is 1. The fourth-order valence-electron chi connectivity index (χ4n) is 1.56. The van der Waals surface area contributed by atoms with Crippen LogP contribution in [0.15, 0.2) is 48.7 Å². The van der Waals surface area contributed by atoms with Gasteiger partial charge < -0.3 is 5.32 Å². The highest BCUT2D eigenvalue weighted by Gasteiger charge is 2.17. The van der Waals surface area contributed by atoms with Crippen molar-refractivity contribution >= 4 is 34.6 Å². The smallest absolute Gasteiger partial charge is 0.292 e. The summed E-state index contributed by atoms with van der Waals surface area (Å²) in [6.07, 6.45) is 1.47. The normalized spacial score (nSPS) is 9.86. The third kappa shape index (κ3) is 3.59. The standard InChI is InChI=1S/C13H11N5O3S/c14-17(12(19)11-3-1-2-8-15-11)13(22)16-9-4-6-10(7-5-9)18(20)21/h1-8H,14H2,(H,16,22). The van der Waals surface area contributed by atoms with Crippen molar-refractivity contribution in [1.82, 2.24) is 9.99 Å². The Morgan fingerprint density at radius 1 is 1.27 bits per heavy atom. The summed E-state index contributed by atoms with van der Waals surface area (Å²) < 4.78 is 0. The Kier molecular flexibility index (Phi) is 4.71. The van der Waals surface area contributed by atoms with Crippen LogP contribution in [0, 0.1) is 10.1 Å². The van der Waals surface area contributed by atoms with Crippen LogP contribution >= 0.6 is 12.2 Å². The van der Waals surface area contributed by atoms with Gasteiger partial charge in [-0.3, -0.25) is 19.9 Å². The molecule has 0 saturated carbocycles. The van der Waals surface area contributed by atoms with Gasteiger partial charge >= 0.3 is 0 Å². The summed E-state index contributed by atoms with van der Waals surface area (Å²) in [5.74, 6) is 5.08. The summed E-state index contributed by atoms with van der Waals surface area (Å²) in [5, 5.41) is 14.0. The highest BCUT2D eigenvalue weighted by atomic mass is 32.1. The zero-order valence-electron chi connectivity index (χ0n) is 11.2. The quantitative estimate of drug-likeness (QED) is 0.291. The average Bonchev–Trinajstić information content (AvgIpc) is 2.54. The molecule has 1 aromatic heterocycles. The minimum Gasteiger partial charge on any atom is -0.331 e. The number of hydrogen-bond donors (Lipinski definition) is 2. The van der Waals surface area contributed by atoms with Gasteiger partial charge in [-0.25, -0.2) is 10.9 Å². The Hall–Kier alpha value is -2.91. The molecule has 0 radical (unpaired) electrons. The largest absolute Gasteiger partial charge is 0.331 e. The van der Waals surface area contributed by atoms with E-state index in [1.165, 1.54) is 36.5 Å². The Labute approximate surface area is 130 Å². The highest BCUT2D eigenvalue weighted by Crippen LogP contribution is 2.15. The molecule has 0 atom stereocenters. The highest BCUT2D eigenvalue weighted by molar-refractivity contribution is 7.80. The first-order valence-electron chi connectivity index (χ1n) is 6.04. The Balaban J connectivity index is 2.05. The number of carbonyl (C=O) groups is 1. The van der Waals surface area contributed by atoms with Gasteiger partial charge in [-0.1, -0.05) is 6.07 Å². The monoisotopic (exact) mass is 317 g/mol. The van der Waals surface area contributed by atoms with Gasteiger partial charge in [-0.05, 0) is 36.5 Å². The number of nitro groups is 1. The molecule has 0 unspecified atom stereocenters. The third-order valence-corrected chi connectivity index (χ3v) is 2.95. The van der Waals surface area contributed by atoms with Crippen LogP contribution < -0.4 is 11.2 Å². The molecule has 3 N–H and O–H groups in total. The van der Waals surface area contributed by atoms with E-state index in [2.05, 4.69) is 10.3 Å². The Bertz CT molecular complexity index is 705. The van der Waals surface area contributed by atoms with Crippen molar-refractivity contribution in [3.05, 3.63) is 64.5 Å². The molecule has 0 saturated heterocycles. The number of pyridine rings is 1. The van der Waals surface area contributed by atoms with E-state index in [1.807, 2.05) is 0 Å². The lowest BCUT2D eigenvalue weighted by Crippen LogP contribution is -2.45. The van der Waals surface area contributed by atoms with Crippen LogP contribution in [-0.2, 0) is 0 Å². The minimum atomic E-state index is -0.569. The van der Waals surface area contributed by atoms with Crippen LogP contribution in [0.25, 0.3) is 0 Å². The van der Waals surface area contributed by atoms with Crippen molar-refractivity contribution in [1.29, 1.82) is 0 Å². The number of non-ortho nitro benzene ring substituents is 1. The molecule has 0 aliphatic heterocycles. The molecule has 1 heterocycles. The van der Waals surface area contributed by atoms with Crippen molar-refractivity contribution in [2.75, 3.05) is 5.32 Å². The fraction of sp³-hybridized carbons (Fsp3) is 0. The second-order valence-electron chi connectivity index (χ2n) is 4.12. The number of benzene rings is 1. The van der Waals surface area contributed by atoms with Gasteiger partial charge in [0.15, 0.2) is 5.11 Å². The van der Waals surface area contributed by atoms with E-state index < -0.39 is 10.8 Å². The van der Waals surface area contributed by atoms with Crippen LogP contribution in [0.2, 0.25) is 0 Å². The van der Waals surface area contributed by atoms with Gasteiger partial charge in [0.25, 0.3) is 11.6 Å². The number of anilines is 1. The minimum absolute atomic E-state index is 0.0503. The number of nitrogens with zero attached hydrogens (tertiary/aromatic N) is 3.